The Balaban J connectivity index is 2.16. The second kappa shape index (κ2) is 5.50. The van der Waals surface area contributed by atoms with Crippen molar-refractivity contribution in [2.45, 2.75) is 4.83 Å². The molecule has 1 aliphatic heterocycles. The van der Waals surface area contributed by atoms with E-state index < -0.39 is 4.83 Å². The van der Waals surface area contributed by atoms with E-state index in [1.165, 1.54) is 0 Å². The van der Waals surface area contributed by atoms with Gasteiger partial charge in [-0.2, -0.15) is 0 Å². The van der Waals surface area contributed by atoms with Gasteiger partial charge in [-0.05, 0) is 23.8 Å². The summed E-state index contributed by atoms with van der Waals surface area (Å²) in [6.07, 6.45) is 0. The van der Waals surface area contributed by atoms with Crippen molar-refractivity contribution < 1.29 is 4.79 Å². The van der Waals surface area contributed by atoms with Gasteiger partial charge < -0.3 is 5.32 Å². The molecule has 5 heteroatoms. The van der Waals surface area contributed by atoms with E-state index in [1.54, 1.807) is 0 Å². The van der Waals surface area contributed by atoms with Crippen molar-refractivity contribution in [3.8, 4) is 0 Å². The molecule has 2 aromatic rings. The van der Waals surface area contributed by atoms with E-state index in [0.717, 1.165) is 15.7 Å². The number of benzene rings is 2. The lowest BCUT2D eigenvalue weighted by molar-refractivity contribution is -0.114. The van der Waals surface area contributed by atoms with Crippen LogP contribution in [0, 0.1) is 0 Å². The van der Waals surface area contributed by atoms with Crippen molar-refractivity contribution in [3.63, 3.8) is 0 Å². The Kier molecular flexibility index (Phi) is 3.72. The SMILES string of the molecule is O=C1Nc2cc(Br)ccc2N=C(c2ccccc2)[C@@H]1Br. The Hall–Kier alpha value is -1.46. The van der Waals surface area contributed by atoms with Crippen LogP contribution >= 0.6 is 31.9 Å². The average Bonchev–Trinajstić information content (AvgIpc) is 2.57. The second-order valence-corrected chi connectivity index (χ2v) is 6.21. The number of alkyl halides is 1. The summed E-state index contributed by atoms with van der Waals surface area (Å²) in [4.78, 5) is 16.4. The molecule has 100 valence electrons. The summed E-state index contributed by atoms with van der Waals surface area (Å²) in [5.74, 6) is -0.121. The molecule has 1 heterocycles. The molecule has 0 bridgehead atoms. The van der Waals surface area contributed by atoms with Crippen LogP contribution < -0.4 is 5.32 Å². The van der Waals surface area contributed by atoms with Gasteiger partial charge in [0.25, 0.3) is 0 Å². The minimum Gasteiger partial charge on any atom is -0.323 e. The highest BCUT2D eigenvalue weighted by Crippen LogP contribution is 2.33. The molecule has 0 aromatic heterocycles. The molecule has 0 radical (unpaired) electrons. The summed E-state index contributed by atoms with van der Waals surface area (Å²) < 4.78 is 0.904. The van der Waals surface area contributed by atoms with Gasteiger partial charge >= 0.3 is 0 Å². The van der Waals surface area contributed by atoms with E-state index in [9.17, 15) is 4.79 Å². The van der Waals surface area contributed by atoms with Crippen LogP contribution in [0.2, 0.25) is 0 Å². The third-order valence-corrected chi connectivity index (χ3v) is 4.34. The van der Waals surface area contributed by atoms with Crippen molar-refractivity contribution >= 4 is 54.9 Å². The number of amides is 1. The van der Waals surface area contributed by atoms with E-state index in [0.29, 0.717) is 11.4 Å². The van der Waals surface area contributed by atoms with Gasteiger partial charge in [-0.1, -0.05) is 62.2 Å². The Bertz CT molecular complexity index is 698. The monoisotopic (exact) mass is 392 g/mol. The number of nitrogens with one attached hydrogen (secondary N) is 1. The zero-order chi connectivity index (χ0) is 14.1. The lowest BCUT2D eigenvalue weighted by atomic mass is 10.1. The number of aliphatic imine (C=N–C) groups is 1. The second-order valence-electron chi connectivity index (χ2n) is 4.38. The van der Waals surface area contributed by atoms with Gasteiger partial charge in [0.1, 0.15) is 4.83 Å². The van der Waals surface area contributed by atoms with Crippen molar-refractivity contribution in [2.24, 2.45) is 4.99 Å². The predicted molar refractivity (Wildman–Crippen MR) is 88.1 cm³/mol. The van der Waals surface area contributed by atoms with Crippen LogP contribution in [0.3, 0.4) is 0 Å². The maximum absolute atomic E-state index is 12.2. The summed E-state index contributed by atoms with van der Waals surface area (Å²) in [5.41, 5.74) is 3.10. The maximum atomic E-state index is 12.2. The molecule has 1 N–H and O–H groups in total. The van der Waals surface area contributed by atoms with Gasteiger partial charge in [0.05, 0.1) is 17.1 Å². The molecule has 2 aromatic carbocycles. The van der Waals surface area contributed by atoms with Crippen molar-refractivity contribution in [2.75, 3.05) is 5.32 Å². The molecule has 0 unspecified atom stereocenters. The van der Waals surface area contributed by atoms with Gasteiger partial charge in [0.2, 0.25) is 5.91 Å². The van der Waals surface area contributed by atoms with Crippen LogP contribution in [0.1, 0.15) is 5.56 Å². The first kappa shape index (κ1) is 13.5. The fraction of sp³-hybridized carbons (Fsp3) is 0.0667. The predicted octanol–water partition coefficient (Wildman–Crippen LogP) is 4.29. The number of anilines is 1. The first-order chi connectivity index (χ1) is 9.65. The smallest absolute Gasteiger partial charge is 0.244 e. The number of hydrogen-bond donors (Lipinski definition) is 1. The number of carbonyl (C=O) groups excluding carboxylic acids is 1. The van der Waals surface area contributed by atoms with Crippen molar-refractivity contribution in [3.05, 3.63) is 58.6 Å². The number of halogens is 2. The zero-order valence-electron chi connectivity index (χ0n) is 10.3. The molecular weight excluding hydrogens is 384 g/mol. The Morgan fingerprint density at radius 3 is 2.60 bits per heavy atom. The minimum atomic E-state index is -0.476. The van der Waals surface area contributed by atoms with Crippen LogP contribution in [0.25, 0.3) is 0 Å². The number of rotatable bonds is 1. The average molecular weight is 394 g/mol. The third kappa shape index (κ3) is 2.55. The van der Waals surface area contributed by atoms with Crippen LogP contribution in [0.15, 0.2) is 58.0 Å². The molecule has 0 spiro atoms. The molecule has 0 saturated heterocycles. The molecule has 3 nitrogen and oxygen atoms in total. The molecule has 0 saturated carbocycles. The Labute approximate surface area is 133 Å². The zero-order valence-corrected chi connectivity index (χ0v) is 13.5. The summed E-state index contributed by atoms with van der Waals surface area (Å²) >= 11 is 6.83. The van der Waals surface area contributed by atoms with E-state index in [1.807, 2.05) is 48.5 Å². The van der Waals surface area contributed by atoms with Gasteiger partial charge in [0, 0.05) is 4.47 Å². The summed E-state index contributed by atoms with van der Waals surface area (Å²) in [7, 11) is 0. The number of carbonyl (C=O) groups is 1. The molecular formula is C15H10Br2N2O. The number of hydrogen-bond acceptors (Lipinski definition) is 2. The molecule has 1 amide bonds. The largest absolute Gasteiger partial charge is 0.323 e. The number of fused-ring (bicyclic) bond motifs is 1. The van der Waals surface area contributed by atoms with E-state index in [-0.39, 0.29) is 5.91 Å². The molecule has 1 aliphatic rings. The Morgan fingerprint density at radius 1 is 1.10 bits per heavy atom. The lowest BCUT2D eigenvalue weighted by Crippen LogP contribution is -2.29. The van der Waals surface area contributed by atoms with Gasteiger partial charge in [-0.15, -0.1) is 0 Å². The Morgan fingerprint density at radius 2 is 1.85 bits per heavy atom. The van der Waals surface area contributed by atoms with Crippen LogP contribution in [0.5, 0.6) is 0 Å². The van der Waals surface area contributed by atoms with Crippen LogP contribution in [0.4, 0.5) is 11.4 Å². The fourth-order valence-corrected chi connectivity index (χ4v) is 2.87. The standard InChI is InChI=1S/C15H10Br2N2O/c16-10-6-7-11-12(8-10)19-15(20)13(17)14(18-11)9-4-2-1-3-5-9/h1-8,13H,(H,19,20)/t13-/m0/s1. The normalized spacial score (nSPS) is 17.8. The summed E-state index contributed by atoms with van der Waals surface area (Å²) in [6, 6.07) is 15.3. The summed E-state index contributed by atoms with van der Waals surface area (Å²) in [6.45, 7) is 0. The topological polar surface area (TPSA) is 41.5 Å². The third-order valence-electron chi connectivity index (χ3n) is 3.00. The fourth-order valence-electron chi connectivity index (χ4n) is 2.03. The van der Waals surface area contributed by atoms with Crippen molar-refractivity contribution in [1.82, 2.24) is 0 Å². The molecule has 1 atom stereocenters. The van der Waals surface area contributed by atoms with Crippen molar-refractivity contribution in [1.29, 1.82) is 0 Å². The quantitative estimate of drug-likeness (QED) is 0.721. The first-order valence-electron chi connectivity index (χ1n) is 6.03. The van der Waals surface area contributed by atoms with Crippen LogP contribution in [-0.2, 0) is 4.79 Å². The maximum Gasteiger partial charge on any atom is 0.244 e. The van der Waals surface area contributed by atoms with Crippen LogP contribution in [-0.4, -0.2) is 16.4 Å². The molecule has 20 heavy (non-hydrogen) atoms. The molecule has 0 fully saturated rings. The lowest BCUT2D eigenvalue weighted by Gasteiger charge is -2.09. The van der Waals surface area contributed by atoms with E-state index in [4.69, 9.17) is 0 Å². The van der Waals surface area contributed by atoms with Gasteiger partial charge in [-0.25, -0.2) is 4.99 Å². The molecule has 3 rings (SSSR count). The summed E-state index contributed by atoms with van der Waals surface area (Å²) in [5, 5.41) is 2.88. The van der Waals surface area contributed by atoms with Gasteiger partial charge in [-0.3, -0.25) is 4.79 Å². The molecule has 0 aliphatic carbocycles. The highest BCUT2D eigenvalue weighted by atomic mass is 79.9. The van der Waals surface area contributed by atoms with Gasteiger partial charge in [0.15, 0.2) is 0 Å². The van der Waals surface area contributed by atoms with E-state index in [2.05, 4.69) is 42.2 Å². The number of nitrogens with zero attached hydrogens (tertiary/aromatic N) is 1. The highest BCUT2D eigenvalue weighted by molar-refractivity contribution is 9.10. The minimum absolute atomic E-state index is 0.121. The highest BCUT2D eigenvalue weighted by Gasteiger charge is 2.26. The van der Waals surface area contributed by atoms with E-state index >= 15 is 0 Å². The first-order valence-corrected chi connectivity index (χ1v) is 7.74.